The quantitative estimate of drug-likeness (QED) is 0.304. The fraction of sp³-hybridized carbons (Fsp3) is 0.214. The Morgan fingerprint density at radius 3 is 2.41 bits per heavy atom. The number of nitrogens with one attached hydrogen (secondary N) is 2. The Balaban J connectivity index is 1.64. The molecule has 2 N–H and O–H groups in total. The minimum atomic E-state index is -3.54. The third-order valence-corrected chi connectivity index (χ3v) is 7.49. The van der Waals surface area contributed by atoms with Crippen LogP contribution in [-0.4, -0.2) is 50.5 Å². The molecule has 4 aromatic rings. The monoisotopic (exact) mass is 562 g/mol. The maximum atomic E-state index is 12.1. The number of rotatable bonds is 8. The van der Waals surface area contributed by atoms with E-state index in [1.165, 1.54) is 7.11 Å². The van der Waals surface area contributed by atoms with Crippen LogP contribution in [0.1, 0.15) is 23.5 Å². The summed E-state index contributed by atoms with van der Waals surface area (Å²) in [6.45, 7) is 0. The third kappa shape index (κ3) is 5.41. The number of methoxy groups -OCH3 is 1. The Bertz CT molecular complexity index is 1590. The maximum absolute atomic E-state index is 12.1. The van der Waals surface area contributed by atoms with Crippen molar-refractivity contribution in [1.82, 2.24) is 14.9 Å². The lowest BCUT2D eigenvalue weighted by atomic mass is 10.0. The molecule has 0 spiro atoms. The SMILES string of the molecule is COc1ccc(N2C(=S)N[C@@H](c3ccccn3)[C@H]2c2cccn2-c2ccc(N(C)C)cc2)cc1NS(C)(=O)=O. The lowest BCUT2D eigenvalue weighted by Crippen LogP contribution is -2.30. The van der Waals surface area contributed by atoms with Crippen LogP contribution in [0.3, 0.4) is 0 Å². The van der Waals surface area contributed by atoms with E-state index >= 15 is 0 Å². The molecular formula is C28H30N6O3S2. The minimum Gasteiger partial charge on any atom is -0.495 e. The summed E-state index contributed by atoms with van der Waals surface area (Å²) in [4.78, 5) is 8.70. The second kappa shape index (κ2) is 10.6. The van der Waals surface area contributed by atoms with Gasteiger partial charge in [-0.3, -0.25) is 9.71 Å². The summed E-state index contributed by atoms with van der Waals surface area (Å²) in [5, 5.41) is 3.96. The predicted octanol–water partition coefficient (Wildman–Crippen LogP) is 4.50. The van der Waals surface area contributed by atoms with Gasteiger partial charge >= 0.3 is 0 Å². The van der Waals surface area contributed by atoms with Crippen LogP contribution in [0.2, 0.25) is 0 Å². The van der Waals surface area contributed by atoms with Crippen molar-refractivity contribution in [2.75, 3.05) is 42.0 Å². The molecule has 1 fully saturated rings. The molecule has 1 aliphatic rings. The zero-order valence-electron chi connectivity index (χ0n) is 22.1. The van der Waals surface area contributed by atoms with Gasteiger partial charge in [0.15, 0.2) is 5.11 Å². The van der Waals surface area contributed by atoms with E-state index in [1.54, 1.807) is 18.3 Å². The van der Waals surface area contributed by atoms with Gasteiger partial charge in [-0.15, -0.1) is 0 Å². The summed E-state index contributed by atoms with van der Waals surface area (Å²) < 4.78 is 34.3. The summed E-state index contributed by atoms with van der Waals surface area (Å²) in [6.07, 6.45) is 4.90. The largest absolute Gasteiger partial charge is 0.495 e. The average Bonchev–Trinajstić information content (AvgIpc) is 3.52. The number of thiocarbonyl (C=S) groups is 1. The number of sulfonamides is 1. The second-order valence-corrected chi connectivity index (χ2v) is 11.6. The second-order valence-electron chi connectivity index (χ2n) is 9.47. The van der Waals surface area contributed by atoms with Gasteiger partial charge in [0.05, 0.1) is 30.8 Å². The summed E-state index contributed by atoms with van der Waals surface area (Å²) >= 11 is 5.87. The smallest absolute Gasteiger partial charge is 0.229 e. The van der Waals surface area contributed by atoms with Crippen LogP contribution in [0.25, 0.3) is 5.69 Å². The van der Waals surface area contributed by atoms with E-state index in [0.29, 0.717) is 22.2 Å². The lowest BCUT2D eigenvalue weighted by molar-refractivity contribution is 0.417. The number of anilines is 3. The van der Waals surface area contributed by atoms with Gasteiger partial charge in [-0.1, -0.05) is 6.07 Å². The van der Waals surface area contributed by atoms with Gasteiger partial charge in [0.25, 0.3) is 0 Å². The molecule has 202 valence electrons. The predicted molar refractivity (Wildman–Crippen MR) is 159 cm³/mol. The molecule has 3 heterocycles. The van der Waals surface area contributed by atoms with Crippen molar-refractivity contribution in [2.24, 2.45) is 0 Å². The number of hydrogen-bond donors (Lipinski definition) is 2. The standard InChI is InChI=1S/C28H30N6O3S2/c1-32(2)19-10-12-20(13-11-19)33-17-7-9-24(33)27-26(22-8-5-6-16-29-22)30-28(38)34(27)21-14-15-25(37-3)23(18-21)31-39(4,35)36/h5-18,26-27,31H,1-4H3,(H,30,38)/t26-,27+/m0/s1. The van der Waals surface area contributed by atoms with E-state index in [0.717, 1.165) is 29.0 Å². The van der Waals surface area contributed by atoms with Gasteiger partial charge in [0, 0.05) is 49.2 Å². The molecule has 5 rings (SSSR count). The number of aromatic nitrogens is 2. The highest BCUT2D eigenvalue weighted by Crippen LogP contribution is 2.44. The van der Waals surface area contributed by atoms with Crippen LogP contribution in [0.4, 0.5) is 17.1 Å². The van der Waals surface area contributed by atoms with E-state index in [-0.39, 0.29) is 12.1 Å². The Kier molecular flexibility index (Phi) is 7.19. The lowest BCUT2D eigenvalue weighted by Gasteiger charge is -2.29. The molecule has 0 bridgehead atoms. The van der Waals surface area contributed by atoms with Crippen LogP contribution < -0.4 is 24.6 Å². The molecule has 2 aromatic carbocycles. The summed E-state index contributed by atoms with van der Waals surface area (Å²) in [7, 11) is 1.98. The van der Waals surface area contributed by atoms with Crippen LogP contribution in [0.5, 0.6) is 5.75 Å². The molecule has 1 aliphatic heterocycles. The van der Waals surface area contributed by atoms with Crippen molar-refractivity contribution >= 4 is 44.4 Å². The van der Waals surface area contributed by atoms with Gasteiger partial charge < -0.3 is 24.4 Å². The normalized spacial score (nSPS) is 17.1. The van der Waals surface area contributed by atoms with Gasteiger partial charge in [-0.2, -0.15) is 0 Å². The maximum Gasteiger partial charge on any atom is 0.229 e. The zero-order chi connectivity index (χ0) is 27.7. The molecule has 2 aromatic heterocycles. The summed E-state index contributed by atoms with van der Waals surface area (Å²) in [6, 6.07) is 23.0. The zero-order valence-corrected chi connectivity index (χ0v) is 23.7. The first-order chi connectivity index (χ1) is 18.7. The molecule has 0 amide bonds. The van der Waals surface area contributed by atoms with Gasteiger partial charge in [-0.25, -0.2) is 8.42 Å². The Morgan fingerprint density at radius 2 is 1.77 bits per heavy atom. The van der Waals surface area contributed by atoms with E-state index in [4.69, 9.17) is 17.0 Å². The molecular weight excluding hydrogens is 532 g/mol. The molecule has 0 saturated carbocycles. The third-order valence-electron chi connectivity index (χ3n) is 6.58. The number of nitrogens with zero attached hydrogens (tertiary/aromatic N) is 4. The molecule has 11 heteroatoms. The highest BCUT2D eigenvalue weighted by molar-refractivity contribution is 7.92. The van der Waals surface area contributed by atoms with Gasteiger partial charge in [0.2, 0.25) is 10.0 Å². The molecule has 39 heavy (non-hydrogen) atoms. The Labute approximate surface area is 234 Å². The average molecular weight is 563 g/mol. The fourth-order valence-electron chi connectivity index (χ4n) is 4.84. The highest BCUT2D eigenvalue weighted by Gasteiger charge is 2.42. The van der Waals surface area contributed by atoms with Crippen molar-refractivity contribution in [3.8, 4) is 11.4 Å². The van der Waals surface area contributed by atoms with Crippen LogP contribution in [-0.2, 0) is 10.0 Å². The topological polar surface area (TPSA) is 91.7 Å². The van der Waals surface area contributed by atoms with Crippen LogP contribution in [0, 0.1) is 0 Å². The van der Waals surface area contributed by atoms with Crippen molar-refractivity contribution in [3.05, 3.63) is 96.6 Å². The van der Waals surface area contributed by atoms with E-state index in [9.17, 15) is 8.42 Å². The molecule has 0 aliphatic carbocycles. The van der Waals surface area contributed by atoms with Crippen molar-refractivity contribution in [1.29, 1.82) is 0 Å². The van der Waals surface area contributed by atoms with Crippen LogP contribution >= 0.6 is 12.2 Å². The molecule has 2 atom stereocenters. The Morgan fingerprint density at radius 1 is 1.03 bits per heavy atom. The molecule has 0 unspecified atom stereocenters. The Hall–Kier alpha value is -4.09. The molecule has 1 saturated heterocycles. The minimum absolute atomic E-state index is 0.262. The highest BCUT2D eigenvalue weighted by atomic mass is 32.2. The fourth-order valence-corrected chi connectivity index (χ4v) is 5.75. The van der Waals surface area contributed by atoms with E-state index < -0.39 is 10.0 Å². The number of pyridine rings is 1. The van der Waals surface area contributed by atoms with E-state index in [2.05, 4.69) is 54.8 Å². The molecule has 9 nitrogen and oxygen atoms in total. The first-order valence-electron chi connectivity index (χ1n) is 12.3. The van der Waals surface area contributed by atoms with Crippen LogP contribution in [0.15, 0.2) is 85.2 Å². The number of hydrogen-bond acceptors (Lipinski definition) is 6. The first-order valence-corrected chi connectivity index (χ1v) is 14.6. The molecule has 0 radical (unpaired) electrons. The number of ether oxygens (including phenoxy) is 1. The van der Waals surface area contributed by atoms with Gasteiger partial charge in [-0.05, 0) is 78.9 Å². The number of benzene rings is 2. The first kappa shape index (κ1) is 26.5. The van der Waals surface area contributed by atoms with Gasteiger partial charge in [0.1, 0.15) is 11.8 Å². The summed E-state index contributed by atoms with van der Waals surface area (Å²) in [5.74, 6) is 0.407. The summed E-state index contributed by atoms with van der Waals surface area (Å²) in [5.41, 5.74) is 4.98. The van der Waals surface area contributed by atoms with E-state index in [1.807, 2.05) is 55.5 Å². The van der Waals surface area contributed by atoms with Crippen molar-refractivity contribution in [2.45, 2.75) is 12.1 Å². The van der Waals surface area contributed by atoms with Crippen molar-refractivity contribution in [3.63, 3.8) is 0 Å². The van der Waals surface area contributed by atoms with Crippen molar-refractivity contribution < 1.29 is 13.2 Å².